The van der Waals surface area contributed by atoms with E-state index >= 15 is 0 Å². The molecule has 1 aliphatic heterocycles. The number of thioether (sulfide) groups is 1. The molecule has 1 aromatic heterocycles. The summed E-state index contributed by atoms with van der Waals surface area (Å²) in [5.74, 6) is 0.0867. The van der Waals surface area contributed by atoms with Gasteiger partial charge in [0.05, 0.1) is 17.0 Å². The van der Waals surface area contributed by atoms with Crippen LogP contribution in [-0.4, -0.2) is 39.1 Å². The van der Waals surface area contributed by atoms with Crippen LogP contribution in [0.2, 0.25) is 0 Å². The molecule has 1 aromatic carbocycles. The SMILES string of the molecule is Cc1cc(C)cc(NC(=O)CSc2nc3c(c(=O)[nH]2)CN(C(C)C)CC3)c1. The third kappa shape index (κ3) is 4.99. The van der Waals surface area contributed by atoms with Crippen molar-refractivity contribution in [2.75, 3.05) is 17.6 Å². The Kier molecular flexibility index (Phi) is 6.01. The average Bonchev–Trinajstić information content (AvgIpc) is 2.58. The van der Waals surface area contributed by atoms with E-state index in [4.69, 9.17) is 0 Å². The van der Waals surface area contributed by atoms with E-state index in [0.29, 0.717) is 17.7 Å². The Balaban J connectivity index is 1.64. The van der Waals surface area contributed by atoms with E-state index in [1.54, 1.807) is 0 Å². The highest BCUT2D eigenvalue weighted by molar-refractivity contribution is 7.99. The lowest BCUT2D eigenvalue weighted by Gasteiger charge is -2.30. The van der Waals surface area contributed by atoms with E-state index in [1.807, 2.05) is 26.0 Å². The van der Waals surface area contributed by atoms with Gasteiger partial charge in [-0.3, -0.25) is 14.5 Å². The number of H-pyrrole nitrogens is 1. The number of aryl methyl sites for hydroxylation is 2. The minimum absolute atomic E-state index is 0.0948. The van der Waals surface area contributed by atoms with E-state index < -0.39 is 0 Å². The summed E-state index contributed by atoms with van der Waals surface area (Å²) in [6, 6.07) is 6.34. The second-order valence-electron chi connectivity index (χ2n) is 7.32. The van der Waals surface area contributed by atoms with Crippen molar-refractivity contribution >= 4 is 23.4 Å². The first-order valence-electron chi connectivity index (χ1n) is 9.19. The van der Waals surface area contributed by atoms with Gasteiger partial charge in [-0.15, -0.1) is 0 Å². The van der Waals surface area contributed by atoms with Crippen LogP contribution in [-0.2, 0) is 17.8 Å². The lowest BCUT2D eigenvalue weighted by Crippen LogP contribution is -2.39. The Morgan fingerprint density at radius 3 is 2.67 bits per heavy atom. The van der Waals surface area contributed by atoms with E-state index in [9.17, 15) is 9.59 Å². The summed E-state index contributed by atoms with van der Waals surface area (Å²) in [7, 11) is 0. The van der Waals surface area contributed by atoms with Crippen molar-refractivity contribution < 1.29 is 4.79 Å². The number of nitrogens with one attached hydrogen (secondary N) is 2. The molecule has 0 atom stereocenters. The molecule has 2 heterocycles. The molecule has 6 nitrogen and oxygen atoms in total. The van der Waals surface area contributed by atoms with E-state index in [-0.39, 0.29) is 17.2 Å². The van der Waals surface area contributed by atoms with Crippen LogP contribution in [0, 0.1) is 13.8 Å². The van der Waals surface area contributed by atoms with Crippen molar-refractivity contribution in [3.63, 3.8) is 0 Å². The zero-order chi connectivity index (χ0) is 19.6. The van der Waals surface area contributed by atoms with Gasteiger partial charge in [0, 0.05) is 31.2 Å². The first kappa shape index (κ1) is 19.6. The summed E-state index contributed by atoms with van der Waals surface area (Å²) in [6.07, 6.45) is 0.764. The average molecular weight is 387 g/mol. The fraction of sp³-hybridized carbons (Fsp3) is 0.450. The quantitative estimate of drug-likeness (QED) is 0.610. The summed E-state index contributed by atoms with van der Waals surface area (Å²) < 4.78 is 0. The molecule has 0 radical (unpaired) electrons. The van der Waals surface area contributed by atoms with Crippen molar-refractivity contribution in [3.8, 4) is 0 Å². The zero-order valence-electron chi connectivity index (χ0n) is 16.3. The van der Waals surface area contributed by atoms with Gasteiger partial charge >= 0.3 is 0 Å². The van der Waals surface area contributed by atoms with Gasteiger partial charge < -0.3 is 10.3 Å². The molecule has 1 aliphatic rings. The third-order valence-electron chi connectivity index (χ3n) is 4.65. The molecule has 0 bridgehead atoms. The number of hydrogen-bond acceptors (Lipinski definition) is 5. The fourth-order valence-corrected chi connectivity index (χ4v) is 3.99. The number of amides is 1. The fourth-order valence-electron chi connectivity index (χ4n) is 3.31. The van der Waals surface area contributed by atoms with Crippen molar-refractivity contribution in [3.05, 3.63) is 50.9 Å². The normalized spacial score (nSPS) is 14.3. The molecule has 0 unspecified atom stereocenters. The van der Waals surface area contributed by atoms with E-state index in [1.165, 1.54) is 11.8 Å². The number of aromatic nitrogens is 2. The van der Waals surface area contributed by atoms with Crippen LogP contribution in [0.4, 0.5) is 5.69 Å². The molecule has 2 aromatic rings. The Labute approximate surface area is 163 Å². The smallest absolute Gasteiger partial charge is 0.256 e. The van der Waals surface area contributed by atoms with Crippen molar-refractivity contribution in [2.24, 2.45) is 0 Å². The first-order chi connectivity index (χ1) is 12.8. The van der Waals surface area contributed by atoms with E-state index in [0.717, 1.165) is 41.0 Å². The van der Waals surface area contributed by atoms with Crippen molar-refractivity contribution in [1.82, 2.24) is 14.9 Å². The predicted octanol–water partition coefficient (Wildman–Crippen LogP) is 2.88. The van der Waals surface area contributed by atoms with E-state index in [2.05, 4.69) is 40.1 Å². The highest BCUT2D eigenvalue weighted by atomic mass is 32.2. The van der Waals surface area contributed by atoms with Gasteiger partial charge in [-0.25, -0.2) is 4.98 Å². The molecule has 0 aliphatic carbocycles. The number of carbonyl (C=O) groups is 1. The molecule has 0 spiro atoms. The number of anilines is 1. The molecular weight excluding hydrogens is 360 g/mol. The summed E-state index contributed by atoms with van der Waals surface area (Å²) >= 11 is 1.26. The Morgan fingerprint density at radius 2 is 2.00 bits per heavy atom. The van der Waals surface area contributed by atoms with Crippen LogP contribution < -0.4 is 10.9 Å². The Hall–Kier alpha value is -2.12. The molecule has 2 N–H and O–H groups in total. The molecule has 0 saturated heterocycles. The second kappa shape index (κ2) is 8.27. The van der Waals surface area contributed by atoms with Crippen LogP contribution in [0.25, 0.3) is 0 Å². The molecule has 0 fully saturated rings. The van der Waals surface area contributed by atoms with Crippen molar-refractivity contribution in [1.29, 1.82) is 0 Å². The number of rotatable bonds is 5. The van der Waals surface area contributed by atoms with Crippen LogP contribution >= 0.6 is 11.8 Å². The van der Waals surface area contributed by atoms with Gasteiger partial charge in [-0.2, -0.15) is 0 Å². The number of fused-ring (bicyclic) bond motifs is 1. The number of benzene rings is 1. The van der Waals surface area contributed by atoms with Gasteiger partial charge in [0.1, 0.15) is 0 Å². The van der Waals surface area contributed by atoms with Gasteiger partial charge in [0.25, 0.3) is 5.56 Å². The monoisotopic (exact) mass is 386 g/mol. The van der Waals surface area contributed by atoms with Crippen LogP contribution in [0.3, 0.4) is 0 Å². The number of aromatic amines is 1. The standard InChI is InChI=1S/C20H26N4O2S/c1-12(2)24-6-5-17-16(10-24)19(26)23-20(22-17)27-11-18(25)21-15-8-13(3)7-14(4)9-15/h7-9,12H,5-6,10-11H2,1-4H3,(H,21,25)(H,22,23,26). The highest BCUT2D eigenvalue weighted by Crippen LogP contribution is 2.20. The maximum atomic E-state index is 12.4. The molecular formula is C20H26N4O2S. The second-order valence-corrected chi connectivity index (χ2v) is 8.29. The van der Waals surface area contributed by atoms with Crippen LogP contribution in [0.1, 0.15) is 36.2 Å². The van der Waals surface area contributed by atoms with Gasteiger partial charge in [-0.05, 0) is 51.0 Å². The third-order valence-corrected chi connectivity index (χ3v) is 5.53. The summed E-state index contributed by atoms with van der Waals surface area (Å²) in [5.41, 5.74) is 4.51. The number of carbonyl (C=O) groups excluding carboxylic acids is 1. The topological polar surface area (TPSA) is 78.1 Å². The predicted molar refractivity (Wildman–Crippen MR) is 109 cm³/mol. The lowest BCUT2D eigenvalue weighted by molar-refractivity contribution is -0.113. The summed E-state index contributed by atoms with van der Waals surface area (Å²) in [5, 5.41) is 3.41. The largest absolute Gasteiger partial charge is 0.325 e. The number of hydrogen-bond donors (Lipinski definition) is 2. The molecule has 7 heteroatoms. The maximum absolute atomic E-state index is 12.4. The Bertz CT molecular complexity index is 887. The molecule has 3 rings (SSSR count). The lowest BCUT2D eigenvalue weighted by atomic mass is 10.1. The van der Waals surface area contributed by atoms with Crippen molar-refractivity contribution in [2.45, 2.75) is 51.9 Å². The van der Waals surface area contributed by atoms with Gasteiger partial charge in [-0.1, -0.05) is 17.8 Å². The summed E-state index contributed by atoms with van der Waals surface area (Å²) in [4.78, 5) is 34.3. The molecule has 144 valence electrons. The van der Waals surface area contributed by atoms with Gasteiger partial charge in [0.15, 0.2) is 5.16 Å². The summed E-state index contributed by atoms with van der Waals surface area (Å²) in [6.45, 7) is 9.79. The zero-order valence-corrected chi connectivity index (χ0v) is 17.1. The maximum Gasteiger partial charge on any atom is 0.256 e. The molecule has 27 heavy (non-hydrogen) atoms. The Morgan fingerprint density at radius 1 is 1.30 bits per heavy atom. The first-order valence-corrected chi connectivity index (χ1v) is 10.2. The minimum atomic E-state index is -0.114. The molecule has 0 saturated carbocycles. The van der Waals surface area contributed by atoms with Crippen LogP contribution in [0.15, 0.2) is 28.2 Å². The molecule has 1 amide bonds. The number of nitrogens with zero attached hydrogens (tertiary/aromatic N) is 2. The minimum Gasteiger partial charge on any atom is -0.325 e. The highest BCUT2D eigenvalue weighted by Gasteiger charge is 2.22. The van der Waals surface area contributed by atoms with Crippen LogP contribution in [0.5, 0.6) is 0 Å². The van der Waals surface area contributed by atoms with Gasteiger partial charge in [0.2, 0.25) is 5.91 Å².